The van der Waals surface area contributed by atoms with Gasteiger partial charge in [0.05, 0.1) is 6.54 Å². The van der Waals surface area contributed by atoms with Crippen LogP contribution >= 0.6 is 0 Å². The second-order valence-electron chi connectivity index (χ2n) is 4.85. The Balaban J connectivity index is 2.66. The maximum Gasteiger partial charge on any atom is 0.404 e. The van der Waals surface area contributed by atoms with Crippen molar-refractivity contribution in [2.45, 2.75) is 26.2 Å². The zero-order chi connectivity index (χ0) is 13.8. The topological polar surface area (TPSA) is 116 Å². The lowest BCUT2D eigenvalue weighted by atomic mass is 9.96. The summed E-state index contributed by atoms with van der Waals surface area (Å²) in [5.41, 5.74) is 10.4. The van der Waals surface area contributed by atoms with Gasteiger partial charge in [-0.1, -0.05) is 20.8 Å². The first-order valence-corrected chi connectivity index (χ1v) is 5.60. The monoisotopic (exact) mass is 253 g/mol. The van der Waals surface area contributed by atoms with Crippen molar-refractivity contribution in [3.05, 3.63) is 11.9 Å². The van der Waals surface area contributed by atoms with Crippen molar-refractivity contribution in [2.24, 2.45) is 5.73 Å². The summed E-state index contributed by atoms with van der Waals surface area (Å²) >= 11 is 0. The van der Waals surface area contributed by atoms with Gasteiger partial charge in [0, 0.05) is 11.5 Å². The van der Waals surface area contributed by atoms with Crippen LogP contribution in [-0.2, 0) is 10.2 Å². The van der Waals surface area contributed by atoms with Gasteiger partial charge in [-0.05, 0) is 0 Å². The van der Waals surface area contributed by atoms with Gasteiger partial charge in [-0.2, -0.15) is 0 Å². The summed E-state index contributed by atoms with van der Waals surface area (Å²) in [6.07, 6.45) is -0.797. The Kier molecular flexibility index (Phi) is 4.30. The molecule has 1 amide bonds. The molecule has 1 aromatic heterocycles. The third-order valence-corrected chi connectivity index (χ3v) is 2.07. The molecule has 7 heteroatoms. The van der Waals surface area contributed by atoms with E-state index in [2.05, 4.69) is 20.0 Å². The van der Waals surface area contributed by atoms with Crippen LogP contribution in [0, 0.1) is 0 Å². The van der Waals surface area contributed by atoms with Gasteiger partial charge in [-0.25, -0.2) is 14.8 Å². The van der Waals surface area contributed by atoms with Crippen molar-refractivity contribution < 1.29 is 9.53 Å². The molecule has 0 fully saturated rings. The SMILES string of the molecule is CC(C)(C)c1nc(N)cc(NCCOC(N)=O)n1. The predicted octanol–water partition coefficient (Wildman–Crippen LogP) is 0.864. The minimum atomic E-state index is -0.797. The van der Waals surface area contributed by atoms with Crippen LogP contribution in [0.1, 0.15) is 26.6 Å². The van der Waals surface area contributed by atoms with Crippen LogP contribution in [0.4, 0.5) is 16.4 Å². The lowest BCUT2D eigenvalue weighted by molar-refractivity contribution is 0.161. The summed E-state index contributed by atoms with van der Waals surface area (Å²) < 4.78 is 4.59. The second-order valence-corrected chi connectivity index (χ2v) is 4.85. The first kappa shape index (κ1) is 14.0. The van der Waals surface area contributed by atoms with E-state index in [0.717, 1.165) is 0 Å². The minimum Gasteiger partial charge on any atom is -0.448 e. The molecule has 1 aromatic rings. The number of rotatable bonds is 4. The van der Waals surface area contributed by atoms with E-state index in [4.69, 9.17) is 11.5 Å². The Labute approximate surface area is 106 Å². The number of ether oxygens (including phenoxy) is 1. The number of carbonyl (C=O) groups excluding carboxylic acids is 1. The first-order valence-electron chi connectivity index (χ1n) is 5.60. The van der Waals surface area contributed by atoms with Crippen LogP contribution < -0.4 is 16.8 Å². The number of nitrogens with one attached hydrogen (secondary N) is 1. The molecule has 1 heterocycles. The Morgan fingerprint density at radius 2 is 2.11 bits per heavy atom. The van der Waals surface area contributed by atoms with E-state index in [-0.39, 0.29) is 12.0 Å². The zero-order valence-corrected chi connectivity index (χ0v) is 10.9. The van der Waals surface area contributed by atoms with Gasteiger partial charge in [-0.3, -0.25) is 0 Å². The van der Waals surface area contributed by atoms with Crippen LogP contribution in [0.2, 0.25) is 0 Å². The molecule has 0 bridgehead atoms. The highest BCUT2D eigenvalue weighted by molar-refractivity contribution is 5.64. The summed E-state index contributed by atoms with van der Waals surface area (Å²) in [6, 6.07) is 1.62. The molecule has 7 nitrogen and oxygen atoms in total. The molecule has 0 spiro atoms. The number of nitrogens with two attached hydrogens (primary N) is 2. The Morgan fingerprint density at radius 1 is 1.44 bits per heavy atom. The molecule has 100 valence electrons. The van der Waals surface area contributed by atoms with Crippen LogP contribution in [0.5, 0.6) is 0 Å². The molecule has 0 aliphatic carbocycles. The molecule has 18 heavy (non-hydrogen) atoms. The molecule has 1 rings (SSSR count). The van der Waals surface area contributed by atoms with Gasteiger partial charge in [0.2, 0.25) is 0 Å². The van der Waals surface area contributed by atoms with Crippen LogP contribution in [0.15, 0.2) is 6.07 Å². The highest BCUT2D eigenvalue weighted by atomic mass is 16.5. The van der Waals surface area contributed by atoms with Crippen molar-refractivity contribution in [3.8, 4) is 0 Å². The second kappa shape index (κ2) is 5.52. The number of amides is 1. The van der Waals surface area contributed by atoms with E-state index in [9.17, 15) is 4.79 Å². The van der Waals surface area contributed by atoms with E-state index < -0.39 is 6.09 Å². The highest BCUT2D eigenvalue weighted by Crippen LogP contribution is 2.20. The summed E-state index contributed by atoms with van der Waals surface area (Å²) in [5.74, 6) is 1.65. The quantitative estimate of drug-likeness (QED) is 0.685. The summed E-state index contributed by atoms with van der Waals surface area (Å²) in [6.45, 7) is 6.58. The maximum atomic E-state index is 10.4. The fraction of sp³-hybridized carbons (Fsp3) is 0.545. The summed E-state index contributed by atoms with van der Waals surface area (Å²) in [7, 11) is 0. The van der Waals surface area contributed by atoms with Gasteiger partial charge in [0.15, 0.2) is 0 Å². The van der Waals surface area contributed by atoms with E-state index in [1.54, 1.807) is 6.07 Å². The van der Waals surface area contributed by atoms with Crippen LogP contribution in [-0.4, -0.2) is 29.2 Å². The lowest BCUT2D eigenvalue weighted by Gasteiger charge is -2.18. The normalized spacial score (nSPS) is 11.1. The molecule has 0 aliphatic rings. The third kappa shape index (κ3) is 4.44. The van der Waals surface area contributed by atoms with E-state index in [1.807, 2.05) is 20.8 Å². The highest BCUT2D eigenvalue weighted by Gasteiger charge is 2.18. The molecule has 0 saturated heterocycles. The first-order chi connectivity index (χ1) is 8.29. The van der Waals surface area contributed by atoms with E-state index >= 15 is 0 Å². The largest absolute Gasteiger partial charge is 0.448 e. The molecule has 0 unspecified atom stereocenters. The van der Waals surface area contributed by atoms with Crippen molar-refractivity contribution in [1.82, 2.24) is 9.97 Å². The average molecular weight is 253 g/mol. The Hall–Kier alpha value is -2.05. The van der Waals surface area contributed by atoms with Crippen molar-refractivity contribution >= 4 is 17.7 Å². The number of primary amides is 1. The molecule has 0 aromatic carbocycles. The molecule has 0 radical (unpaired) electrons. The molecular formula is C11H19N5O2. The maximum absolute atomic E-state index is 10.4. The molecule has 0 saturated carbocycles. The fourth-order valence-electron chi connectivity index (χ4n) is 1.22. The number of anilines is 2. The molecular weight excluding hydrogens is 234 g/mol. The van der Waals surface area contributed by atoms with Crippen LogP contribution in [0.3, 0.4) is 0 Å². The van der Waals surface area contributed by atoms with Crippen molar-refractivity contribution in [3.63, 3.8) is 0 Å². The number of nitrogen functional groups attached to an aromatic ring is 1. The predicted molar refractivity (Wildman–Crippen MR) is 69.2 cm³/mol. The zero-order valence-electron chi connectivity index (χ0n) is 10.9. The molecule has 0 aliphatic heterocycles. The minimum absolute atomic E-state index is 0.171. The number of hydrogen-bond donors (Lipinski definition) is 3. The van der Waals surface area contributed by atoms with Gasteiger partial charge in [-0.15, -0.1) is 0 Å². The number of carbonyl (C=O) groups is 1. The smallest absolute Gasteiger partial charge is 0.404 e. The molecule has 0 atom stereocenters. The average Bonchev–Trinajstić information content (AvgIpc) is 2.22. The Morgan fingerprint density at radius 3 is 2.67 bits per heavy atom. The lowest BCUT2D eigenvalue weighted by Crippen LogP contribution is -2.21. The number of nitrogens with zero attached hydrogens (tertiary/aromatic N) is 2. The van der Waals surface area contributed by atoms with E-state index in [1.165, 1.54) is 0 Å². The molecule has 5 N–H and O–H groups in total. The number of aromatic nitrogens is 2. The van der Waals surface area contributed by atoms with Gasteiger partial charge < -0.3 is 21.5 Å². The summed E-state index contributed by atoms with van der Waals surface area (Å²) in [4.78, 5) is 18.9. The van der Waals surface area contributed by atoms with Crippen molar-refractivity contribution in [2.75, 3.05) is 24.2 Å². The van der Waals surface area contributed by atoms with Crippen molar-refractivity contribution in [1.29, 1.82) is 0 Å². The van der Waals surface area contributed by atoms with Gasteiger partial charge in [0.1, 0.15) is 24.1 Å². The fourth-order valence-corrected chi connectivity index (χ4v) is 1.22. The summed E-state index contributed by atoms with van der Waals surface area (Å²) in [5, 5.41) is 2.99. The van der Waals surface area contributed by atoms with Crippen LogP contribution in [0.25, 0.3) is 0 Å². The number of hydrogen-bond acceptors (Lipinski definition) is 6. The van der Waals surface area contributed by atoms with E-state index in [0.29, 0.717) is 24.0 Å². The van der Waals surface area contributed by atoms with Gasteiger partial charge >= 0.3 is 6.09 Å². The standard InChI is InChI=1S/C11H19N5O2/c1-11(2,3)9-15-7(12)6-8(16-9)14-4-5-18-10(13)17/h6H,4-5H2,1-3H3,(H2,13,17)(H3,12,14,15,16). The van der Waals surface area contributed by atoms with Gasteiger partial charge in [0.25, 0.3) is 0 Å². The Bertz CT molecular complexity index is 428. The third-order valence-electron chi connectivity index (χ3n) is 2.07.